The molecule has 0 atom stereocenters. The molecule has 0 aliphatic heterocycles. The quantitative estimate of drug-likeness (QED) is 0.294. The summed E-state index contributed by atoms with van der Waals surface area (Å²) in [6, 6.07) is 12.6. The Hall–Kier alpha value is -3.14. The van der Waals surface area contributed by atoms with Crippen molar-refractivity contribution in [2.24, 2.45) is 4.99 Å². The number of aliphatic imine (C=N–C) groups is 1. The largest absolute Gasteiger partial charge is 0.383 e. The second-order valence-corrected chi connectivity index (χ2v) is 7.34. The van der Waals surface area contributed by atoms with Gasteiger partial charge in [0.2, 0.25) is 0 Å². The number of benzene rings is 1. The third kappa shape index (κ3) is 6.18. The van der Waals surface area contributed by atoms with Crippen LogP contribution in [0.5, 0.6) is 0 Å². The van der Waals surface area contributed by atoms with Crippen molar-refractivity contribution in [3.63, 3.8) is 0 Å². The molecule has 0 saturated carbocycles. The van der Waals surface area contributed by atoms with E-state index >= 15 is 0 Å². The monoisotopic (exact) mass is 402 g/mol. The number of pyridine rings is 1. The fourth-order valence-corrected chi connectivity index (χ4v) is 3.19. The zero-order chi connectivity index (χ0) is 21.9. The number of allylic oxidation sites excluding steroid dienone is 4. The van der Waals surface area contributed by atoms with E-state index in [1.54, 1.807) is 7.05 Å². The van der Waals surface area contributed by atoms with Crippen LogP contribution in [0.3, 0.4) is 0 Å². The van der Waals surface area contributed by atoms with Gasteiger partial charge in [-0.2, -0.15) is 0 Å². The molecule has 4 heteroatoms. The van der Waals surface area contributed by atoms with Crippen molar-refractivity contribution in [2.45, 2.75) is 26.7 Å². The summed E-state index contributed by atoms with van der Waals surface area (Å²) in [5, 5.41) is 3.52. The lowest BCUT2D eigenvalue weighted by molar-refractivity contribution is 0.566. The molecule has 0 fully saturated rings. The normalized spacial score (nSPS) is 12.3. The standard InChI is InChI=1S/C26H34N4/c1-7-10-16-28-26-24(20(8-2)18-27-4)14-15-25(29-26)23-13-11-12-22(17-23)21(9-3)19-30(5)6/h8-9,11-15,17-19H,3,7,10,16H2,1-2,4-6H3,(H,28,29)/b20-8+,21-19+,27-18?. The molecular weight excluding hydrogens is 368 g/mol. The first-order chi connectivity index (χ1) is 14.5. The van der Waals surface area contributed by atoms with E-state index in [-0.39, 0.29) is 0 Å². The minimum atomic E-state index is 0.895. The molecule has 2 rings (SSSR count). The van der Waals surface area contributed by atoms with Crippen LogP contribution in [-0.4, -0.2) is 43.8 Å². The molecule has 0 aliphatic rings. The molecule has 30 heavy (non-hydrogen) atoms. The van der Waals surface area contributed by atoms with Crippen molar-refractivity contribution in [3.05, 3.63) is 72.5 Å². The van der Waals surface area contributed by atoms with Gasteiger partial charge >= 0.3 is 0 Å². The predicted octanol–water partition coefficient (Wildman–Crippen LogP) is 6.15. The predicted molar refractivity (Wildman–Crippen MR) is 133 cm³/mol. The van der Waals surface area contributed by atoms with Crippen LogP contribution in [0.4, 0.5) is 5.82 Å². The number of unbranched alkanes of at least 4 members (excludes halogenated alkanes) is 1. The number of anilines is 1. The first-order valence-corrected chi connectivity index (χ1v) is 10.5. The van der Waals surface area contributed by atoms with Crippen LogP contribution in [0, 0.1) is 0 Å². The number of nitrogens with one attached hydrogen (secondary N) is 1. The highest BCUT2D eigenvalue weighted by Crippen LogP contribution is 2.28. The number of nitrogens with zero attached hydrogens (tertiary/aromatic N) is 3. The van der Waals surface area contributed by atoms with Crippen molar-refractivity contribution < 1.29 is 0 Å². The van der Waals surface area contributed by atoms with Crippen LogP contribution < -0.4 is 5.32 Å². The fraction of sp³-hybridized carbons (Fsp3) is 0.308. The van der Waals surface area contributed by atoms with Crippen LogP contribution in [0.2, 0.25) is 0 Å². The van der Waals surface area contributed by atoms with Gasteiger partial charge in [-0.1, -0.05) is 50.3 Å². The van der Waals surface area contributed by atoms with Crippen molar-refractivity contribution in [1.82, 2.24) is 9.88 Å². The molecule has 0 saturated heterocycles. The highest BCUT2D eigenvalue weighted by molar-refractivity contribution is 6.11. The van der Waals surface area contributed by atoms with E-state index in [2.05, 4.69) is 72.5 Å². The smallest absolute Gasteiger partial charge is 0.134 e. The van der Waals surface area contributed by atoms with Crippen molar-refractivity contribution in [3.8, 4) is 11.3 Å². The molecule has 0 unspecified atom stereocenters. The van der Waals surface area contributed by atoms with Crippen molar-refractivity contribution >= 4 is 23.2 Å². The molecule has 158 valence electrons. The maximum Gasteiger partial charge on any atom is 0.134 e. The number of hydrogen-bond donors (Lipinski definition) is 1. The van der Waals surface area contributed by atoms with E-state index < -0.39 is 0 Å². The molecule has 0 spiro atoms. The summed E-state index contributed by atoms with van der Waals surface area (Å²) < 4.78 is 0. The Bertz CT molecular complexity index is 936. The molecule has 1 heterocycles. The Kier molecular flexibility index (Phi) is 9.07. The molecule has 0 bridgehead atoms. The van der Waals surface area contributed by atoms with Gasteiger partial charge in [-0.05, 0) is 48.3 Å². The summed E-state index contributed by atoms with van der Waals surface area (Å²) in [5.41, 5.74) is 6.35. The molecule has 1 aromatic carbocycles. The van der Waals surface area contributed by atoms with Gasteiger partial charge in [0.1, 0.15) is 5.82 Å². The number of hydrogen-bond acceptors (Lipinski definition) is 4. The van der Waals surface area contributed by atoms with E-state index in [0.29, 0.717) is 0 Å². The van der Waals surface area contributed by atoms with Gasteiger partial charge in [-0.3, -0.25) is 4.99 Å². The van der Waals surface area contributed by atoms with Crippen LogP contribution in [-0.2, 0) is 0 Å². The average Bonchev–Trinajstić information content (AvgIpc) is 2.76. The van der Waals surface area contributed by atoms with E-state index in [1.807, 2.05) is 38.2 Å². The number of rotatable bonds is 10. The van der Waals surface area contributed by atoms with Gasteiger partial charge in [-0.15, -0.1) is 0 Å². The molecule has 1 aromatic heterocycles. The second kappa shape index (κ2) is 11.8. The highest BCUT2D eigenvalue weighted by Gasteiger charge is 2.11. The lowest BCUT2D eigenvalue weighted by Crippen LogP contribution is -2.07. The lowest BCUT2D eigenvalue weighted by Gasteiger charge is -2.14. The molecular formula is C26H34N4. The van der Waals surface area contributed by atoms with Crippen molar-refractivity contribution in [2.75, 3.05) is 33.0 Å². The Balaban J connectivity index is 2.50. The Morgan fingerprint density at radius 1 is 1.20 bits per heavy atom. The Morgan fingerprint density at radius 3 is 2.63 bits per heavy atom. The molecule has 4 nitrogen and oxygen atoms in total. The fourth-order valence-electron chi connectivity index (χ4n) is 3.19. The van der Waals surface area contributed by atoms with Crippen LogP contribution in [0.1, 0.15) is 37.8 Å². The molecule has 0 radical (unpaired) electrons. The number of aromatic nitrogens is 1. The molecule has 1 N–H and O–H groups in total. The van der Waals surface area contributed by atoms with Crippen LogP contribution >= 0.6 is 0 Å². The summed E-state index contributed by atoms with van der Waals surface area (Å²) in [4.78, 5) is 11.2. The van der Waals surface area contributed by atoms with Crippen molar-refractivity contribution in [1.29, 1.82) is 0 Å². The second-order valence-electron chi connectivity index (χ2n) is 7.34. The first kappa shape index (κ1) is 23.1. The van der Waals surface area contributed by atoms with Gasteiger partial charge in [-0.25, -0.2) is 4.98 Å². The topological polar surface area (TPSA) is 40.5 Å². The van der Waals surface area contributed by atoms with Gasteiger partial charge < -0.3 is 10.2 Å². The minimum absolute atomic E-state index is 0.895. The zero-order valence-electron chi connectivity index (χ0n) is 18.9. The molecule has 0 amide bonds. The average molecular weight is 403 g/mol. The maximum atomic E-state index is 4.98. The molecule has 0 aliphatic carbocycles. The van der Waals surface area contributed by atoms with Gasteiger partial charge in [0.25, 0.3) is 0 Å². The summed E-state index contributed by atoms with van der Waals surface area (Å²) >= 11 is 0. The van der Waals surface area contributed by atoms with Gasteiger partial charge in [0.15, 0.2) is 0 Å². The van der Waals surface area contributed by atoms with E-state index in [0.717, 1.165) is 58.7 Å². The summed E-state index contributed by atoms with van der Waals surface area (Å²) in [6.45, 7) is 9.08. The Labute approximate surface area is 181 Å². The third-order valence-corrected chi connectivity index (χ3v) is 4.72. The van der Waals surface area contributed by atoms with Gasteiger partial charge in [0.05, 0.1) is 5.69 Å². The highest BCUT2D eigenvalue weighted by atomic mass is 15.0. The first-order valence-electron chi connectivity index (χ1n) is 10.5. The zero-order valence-corrected chi connectivity index (χ0v) is 18.9. The van der Waals surface area contributed by atoms with Crippen LogP contribution in [0.25, 0.3) is 22.4 Å². The minimum Gasteiger partial charge on any atom is -0.383 e. The third-order valence-electron chi connectivity index (χ3n) is 4.72. The van der Waals surface area contributed by atoms with Gasteiger partial charge in [0, 0.05) is 51.2 Å². The molecule has 2 aromatic rings. The van der Waals surface area contributed by atoms with E-state index in [4.69, 9.17) is 4.98 Å². The van der Waals surface area contributed by atoms with Crippen LogP contribution in [0.15, 0.2) is 66.3 Å². The maximum absolute atomic E-state index is 4.98. The summed E-state index contributed by atoms with van der Waals surface area (Å²) in [5.74, 6) is 0.895. The van der Waals surface area contributed by atoms with E-state index in [1.165, 1.54) is 0 Å². The lowest BCUT2D eigenvalue weighted by atomic mass is 10.0. The Morgan fingerprint density at radius 2 is 2.00 bits per heavy atom. The SMILES string of the molecule is C=C/C(=C\N(C)C)c1cccc(-c2ccc(/C(C=NC)=C/C)c(NCCCC)n2)c1. The summed E-state index contributed by atoms with van der Waals surface area (Å²) in [7, 11) is 5.82. The van der Waals surface area contributed by atoms with E-state index in [9.17, 15) is 0 Å². The summed E-state index contributed by atoms with van der Waals surface area (Å²) in [6.07, 6.45) is 10.1.